The molecule has 0 radical (unpaired) electrons. The van der Waals surface area contributed by atoms with Gasteiger partial charge in [0.1, 0.15) is 5.75 Å². The zero-order valence-corrected chi connectivity index (χ0v) is 7.33. The summed E-state index contributed by atoms with van der Waals surface area (Å²) in [5.41, 5.74) is 0. The highest BCUT2D eigenvalue weighted by Gasteiger charge is 1.98. The maximum Gasteiger partial charge on any atom is 0.363 e. The lowest BCUT2D eigenvalue weighted by molar-refractivity contribution is 0.340. The van der Waals surface area contributed by atoms with Gasteiger partial charge in [-0.15, -0.1) is 0 Å². The Morgan fingerprint density at radius 1 is 1.36 bits per heavy atom. The summed E-state index contributed by atoms with van der Waals surface area (Å²) in [6.45, 7) is 2.60. The van der Waals surface area contributed by atoms with Gasteiger partial charge in [-0.25, -0.2) is 0 Å². The van der Waals surface area contributed by atoms with Crippen molar-refractivity contribution in [1.29, 1.82) is 0 Å². The molecule has 11 heavy (non-hydrogen) atoms. The molecule has 3 heteroatoms. The molecular formula is C8H10O2P+. The summed E-state index contributed by atoms with van der Waals surface area (Å²) in [4.78, 5) is 0. The van der Waals surface area contributed by atoms with Crippen LogP contribution in [0, 0.1) is 0 Å². The van der Waals surface area contributed by atoms with Crippen LogP contribution < -0.4 is 10.0 Å². The highest BCUT2D eigenvalue weighted by Crippen LogP contribution is 2.08. The van der Waals surface area contributed by atoms with Gasteiger partial charge in [0, 0.05) is 0 Å². The summed E-state index contributed by atoms with van der Waals surface area (Å²) in [5, 5.41) is 0.827. The first-order valence-corrected chi connectivity index (χ1v) is 4.38. The highest BCUT2D eigenvalue weighted by molar-refractivity contribution is 7.34. The van der Waals surface area contributed by atoms with E-state index in [0.717, 1.165) is 11.1 Å². The van der Waals surface area contributed by atoms with Crippen LogP contribution in [0.1, 0.15) is 6.92 Å². The average molecular weight is 169 g/mol. The minimum atomic E-state index is -0.377. The Balaban J connectivity index is 2.74. The summed E-state index contributed by atoms with van der Waals surface area (Å²) in [6, 6.07) is 7.25. The molecule has 0 fully saturated rings. The number of hydrogen-bond donors (Lipinski definition) is 0. The maximum absolute atomic E-state index is 10.4. The second kappa shape index (κ2) is 4.09. The van der Waals surface area contributed by atoms with Crippen molar-refractivity contribution in [2.75, 3.05) is 6.61 Å². The third-order valence-corrected chi connectivity index (χ3v) is 1.85. The van der Waals surface area contributed by atoms with E-state index in [2.05, 4.69) is 0 Å². The molecular weight excluding hydrogens is 159 g/mol. The van der Waals surface area contributed by atoms with Crippen LogP contribution in [0.2, 0.25) is 0 Å². The average Bonchev–Trinajstić information content (AvgIpc) is 2.07. The molecule has 1 aromatic rings. The number of hydrogen-bond acceptors (Lipinski definition) is 2. The zero-order valence-electron chi connectivity index (χ0n) is 6.33. The first-order chi connectivity index (χ1) is 5.36. The Morgan fingerprint density at radius 2 is 2.00 bits per heavy atom. The molecule has 0 bridgehead atoms. The van der Waals surface area contributed by atoms with Crippen LogP contribution >= 0.6 is 8.46 Å². The molecule has 0 saturated carbocycles. The first-order valence-electron chi connectivity index (χ1n) is 3.48. The summed E-state index contributed by atoms with van der Waals surface area (Å²) in [6.07, 6.45) is 0. The van der Waals surface area contributed by atoms with Crippen molar-refractivity contribution in [1.82, 2.24) is 0 Å². The van der Waals surface area contributed by atoms with E-state index in [9.17, 15) is 4.57 Å². The van der Waals surface area contributed by atoms with E-state index in [1.165, 1.54) is 0 Å². The van der Waals surface area contributed by atoms with Gasteiger partial charge in [0.05, 0.1) is 6.61 Å². The van der Waals surface area contributed by atoms with Crippen LogP contribution in [0.4, 0.5) is 0 Å². The third-order valence-electron chi connectivity index (χ3n) is 1.28. The molecule has 58 valence electrons. The topological polar surface area (TPSA) is 26.3 Å². The van der Waals surface area contributed by atoms with Crippen molar-refractivity contribution < 1.29 is 9.30 Å². The molecule has 0 heterocycles. The van der Waals surface area contributed by atoms with Gasteiger partial charge in [-0.1, -0.05) is 4.57 Å². The van der Waals surface area contributed by atoms with Crippen LogP contribution in [0.3, 0.4) is 0 Å². The predicted octanol–water partition coefficient (Wildman–Crippen LogP) is 1.73. The van der Waals surface area contributed by atoms with Crippen LogP contribution in [0.25, 0.3) is 0 Å². The summed E-state index contributed by atoms with van der Waals surface area (Å²) >= 11 is 0. The number of benzene rings is 1. The Morgan fingerprint density at radius 3 is 2.45 bits per heavy atom. The minimum absolute atomic E-state index is 0.377. The normalized spacial score (nSPS) is 9.91. The SMILES string of the molecule is CCOc1ccc([PH+]=O)cc1. The second-order valence-corrected chi connectivity index (χ2v) is 2.84. The molecule has 0 aromatic heterocycles. The molecule has 1 aromatic carbocycles. The van der Waals surface area contributed by atoms with Crippen LogP contribution in [-0.4, -0.2) is 6.61 Å². The Hall–Kier alpha value is -0.880. The van der Waals surface area contributed by atoms with Crippen molar-refractivity contribution in [2.24, 2.45) is 0 Å². The van der Waals surface area contributed by atoms with Gasteiger partial charge in [-0.3, -0.25) is 0 Å². The third kappa shape index (κ3) is 2.32. The van der Waals surface area contributed by atoms with Gasteiger partial charge in [0.15, 0.2) is 5.30 Å². The highest BCUT2D eigenvalue weighted by atomic mass is 31.1. The van der Waals surface area contributed by atoms with Gasteiger partial charge < -0.3 is 4.74 Å². The van der Waals surface area contributed by atoms with Gasteiger partial charge in [-0.2, -0.15) is 0 Å². The molecule has 0 amide bonds. The lowest BCUT2D eigenvalue weighted by atomic mass is 10.3. The predicted molar refractivity (Wildman–Crippen MR) is 46.2 cm³/mol. The Labute approximate surface area is 67.4 Å². The summed E-state index contributed by atoms with van der Waals surface area (Å²) in [5.74, 6) is 0.828. The van der Waals surface area contributed by atoms with E-state index >= 15 is 0 Å². The Bertz CT molecular complexity index is 230. The fourth-order valence-corrected chi connectivity index (χ4v) is 1.09. The fraction of sp³-hybridized carbons (Fsp3) is 0.250. The minimum Gasteiger partial charge on any atom is -0.494 e. The standard InChI is InChI=1S/C8H9O2P/c1-2-10-7-3-5-8(11-9)6-4-7/h3-6H,2H2,1H3/p+1. The maximum atomic E-state index is 10.4. The van der Waals surface area contributed by atoms with Crippen LogP contribution in [0.15, 0.2) is 24.3 Å². The van der Waals surface area contributed by atoms with Gasteiger partial charge in [0.2, 0.25) is 0 Å². The first kappa shape index (κ1) is 8.22. The zero-order chi connectivity index (χ0) is 8.10. The van der Waals surface area contributed by atoms with Crippen molar-refractivity contribution in [3.05, 3.63) is 24.3 Å². The van der Waals surface area contributed by atoms with Gasteiger partial charge in [0.25, 0.3) is 0 Å². The van der Waals surface area contributed by atoms with E-state index in [-0.39, 0.29) is 8.46 Å². The Kier molecular flexibility index (Phi) is 3.06. The number of rotatable bonds is 3. The molecule has 1 unspecified atom stereocenters. The molecule has 0 aliphatic carbocycles. The van der Waals surface area contributed by atoms with Gasteiger partial charge in [-0.05, 0) is 31.2 Å². The number of ether oxygens (including phenoxy) is 1. The van der Waals surface area contributed by atoms with E-state index in [1.807, 2.05) is 19.1 Å². The molecule has 0 N–H and O–H groups in total. The summed E-state index contributed by atoms with van der Waals surface area (Å²) in [7, 11) is -0.377. The van der Waals surface area contributed by atoms with E-state index in [4.69, 9.17) is 4.74 Å². The molecule has 0 spiro atoms. The lowest BCUT2D eigenvalue weighted by Gasteiger charge is -1.99. The largest absolute Gasteiger partial charge is 0.494 e. The van der Waals surface area contributed by atoms with E-state index < -0.39 is 0 Å². The van der Waals surface area contributed by atoms with Crippen LogP contribution in [-0.2, 0) is 4.57 Å². The fourth-order valence-electron chi connectivity index (χ4n) is 0.786. The quantitative estimate of drug-likeness (QED) is 0.644. The molecule has 1 rings (SSSR count). The van der Waals surface area contributed by atoms with Gasteiger partial charge >= 0.3 is 8.46 Å². The van der Waals surface area contributed by atoms with Crippen molar-refractivity contribution in [3.63, 3.8) is 0 Å². The summed E-state index contributed by atoms with van der Waals surface area (Å²) < 4.78 is 15.6. The monoisotopic (exact) mass is 169 g/mol. The van der Waals surface area contributed by atoms with Crippen molar-refractivity contribution >= 4 is 13.8 Å². The smallest absolute Gasteiger partial charge is 0.363 e. The van der Waals surface area contributed by atoms with E-state index in [0.29, 0.717) is 6.61 Å². The molecule has 0 saturated heterocycles. The van der Waals surface area contributed by atoms with Crippen molar-refractivity contribution in [2.45, 2.75) is 6.92 Å². The molecule has 0 aliphatic rings. The van der Waals surface area contributed by atoms with Crippen molar-refractivity contribution in [3.8, 4) is 5.75 Å². The lowest BCUT2D eigenvalue weighted by Crippen LogP contribution is -1.94. The van der Waals surface area contributed by atoms with Crippen LogP contribution in [0.5, 0.6) is 5.75 Å². The second-order valence-electron chi connectivity index (χ2n) is 2.06. The molecule has 1 atom stereocenters. The molecule has 2 nitrogen and oxygen atoms in total. The molecule has 0 aliphatic heterocycles. The van der Waals surface area contributed by atoms with E-state index in [1.54, 1.807) is 12.1 Å².